The Hall–Kier alpha value is -2.74. The molecule has 0 radical (unpaired) electrons. The van der Waals surface area contributed by atoms with E-state index in [0.717, 1.165) is 18.2 Å². The second-order valence-corrected chi connectivity index (χ2v) is 7.13. The van der Waals surface area contributed by atoms with Crippen molar-refractivity contribution in [3.63, 3.8) is 0 Å². The number of fused-ring (bicyclic) bond motifs is 1. The summed E-state index contributed by atoms with van der Waals surface area (Å²) in [5.41, 5.74) is 0.211. The summed E-state index contributed by atoms with van der Waals surface area (Å²) in [6, 6.07) is 1.91. The minimum absolute atomic E-state index is 0.0561. The first-order chi connectivity index (χ1) is 11.9. The highest BCUT2D eigenvalue weighted by Crippen LogP contribution is 2.36. The fourth-order valence-corrected chi connectivity index (χ4v) is 3.19. The number of hydrogen-bond acceptors (Lipinski definition) is 5. The molecule has 0 atom stereocenters. The Labute approximate surface area is 144 Å². The zero-order valence-electron chi connectivity index (χ0n) is 14.1. The lowest BCUT2D eigenvalue weighted by molar-refractivity contribution is -0.0309. The van der Waals surface area contributed by atoms with Crippen LogP contribution in [-0.2, 0) is 0 Å². The van der Waals surface area contributed by atoms with Crippen LogP contribution in [0.2, 0.25) is 0 Å². The van der Waals surface area contributed by atoms with Gasteiger partial charge in [-0.25, -0.2) is 9.97 Å². The quantitative estimate of drug-likeness (QED) is 0.665. The van der Waals surface area contributed by atoms with Gasteiger partial charge in [-0.15, -0.1) is 0 Å². The van der Waals surface area contributed by atoms with Crippen molar-refractivity contribution < 1.29 is 9.90 Å². The molecule has 0 aromatic carbocycles. The van der Waals surface area contributed by atoms with E-state index in [4.69, 9.17) is 0 Å². The van der Waals surface area contributed by atoms with Gasteiger partial charge in [-0.2, -0.15) is 5.10 Å². The number of amides is 1. The summed E-state index contributed by atoms with van der Waals surface area (Å²) in [6.07, 6.45) is 8.27. The fraction of sp³-hybridized carbons (Fsp3) is 0.412. The van der Waals surface area contributed by atoms with Gasteiger partial charge in [-0.05, 0) is 38.7 Å². The lowest BCUT2D eigenvalue weighted by Crippen LogP contribution is -2.51. The number of carbonyl (C=O) groups is 1. The summed E-state index contributed by atoms with van der Waals surface area (Å²) in [5, 5.41) is 20.7. The van der Waals surface area contributed by atoms with Crippen LogP contribution in [0, 0.1) is 5.92 Å². The average molecular weight is 340 g/mol. The van der Waals surface area contributed by atoms with Gasteiger partial charge in [0, 0.05) is 23.8 Å². The number of imidazole rings is 1. The van der Waals surface area contributed by atoms with Crippen LogP contribution < -0.4 is 5.32 Å². The fourth-order valence-electron chi connectivity index (χ4n) is 3.19. The van der Waals surface area contributed by atoms with E-state index in [2.05, 4.69) is 25.5 Å². The number of carbonyl (C=O) groups excluding carboxylic acids is 1. The molecule has 25 heavy (non-hydrogen) atoms. The Morgan fingerprint density at radius 1 is 1.44 bits per heavy atom. The number of aromatic nitrogens is 5. The van der Waals surface area contributed by atoms with Crippen molar-refractivity contribution in [3.05, 3.63) is 36.7 Å². The van der Waals surface area contributed by atoms with E-state index < -0.39 is 5.60 Å². The van der Waals surface area contributed by atoms with Crippen molar-refractivity contribution in [3.8, 4) is 5.82 Å². The second kappa shape index (κ2) is 5.66. The van der Waals surface area contributed by atoms with E-state index in [1.165, 1.54) is 0 Å². The van der Waals surface area contributed by atoms with E-state index in [1.807, 2.05) is 6.07 Å². The van der Waals surface area contributed by atoms with Crippen LogP contribution in [-0.4, -0.2) is 47.4 Å². The Morgan fingerprint density at radius 2 is 2.24 bits per heavy atom. The highest BCUT2D eigenvalue weighted by Gasteiger charge is 2.39. The molecule has 0 unspecified atom stereocenters. The molecule has 3 heterocycles. The van der Waals surface area contributed by atoms with Gasteiger partial charge in [0.2, 0.25) is 0 Å². The number of rotatable bonds is 4. The lowest BCUT2D eigenvalue weighted by Gasteiger charge is -2.42. The maximum Gasteiger partial charge on any atom is 0.272 e. The number of nitrogens with zero attached hydrogens (tertiary/aromatic N) is 4. The monoisotopic (exact) mass is 340 g/mol. The van der Waals surface area contributed by atoms with Crippen LogP contribution in [0.15, 0.2) is 31.0 Å². The summed E-state index contributed by atoms with van der Waals surface area (Å²) >= 11 is 0. The molecule has 1 amide bonds. The molecule has 1 aliphatic rings. The first-order valence-electron chi connectivity index (χ1n) is 8.27. The van der Waals surface area contributed by atoms with E-state index in [-0.39, 0.29) is 17.9 Å². The molecular weight excluding hydrogens is 320 g/mol. The normalized spacial score (nSPS) is 20.4. The van der Waals surface area contributed by atoms with Crippen molar-refractivity contribution >= 4 is 16.8 Å². The van der Waals surface area contributed by atoms with Crippen molar-refractivity contribution in [2.24, 2.45) is 5.92 Å². The molecule has 0 spiro atoms. The molecule has 1 saturated carbocycles. The predicted molar refractivity (Wildman–Crippen MR) is 91.3 cm³/mol. The predicted octanol–water partition coefficient (Wildman–Crippen LogP) is 1.42. The van der Waals surface area contributed by atoms with Crippen LogP contribution in [0.4, 0.5) is 0 Å². The van der Waals surface area contributed by atoms with Crippen molar-refractivity contribution in [1.29, 1.82) is 0 Å². The van der Waals surface area contributed by atoms with Gasteiger partial charge >= 0.3 is 0 Å². The average Bonchev–Trinajstić information content (AvgIpc) is 3.18. The minimum Gasteiger partial charge on any atom is -0.390 e. The minimum atomic E-state index is -0.711. The molecule has 1 aliphatic carbocycles. The van der Waals surface area contributed by atoms with Crippen molar-refractivity contribution in [1.82, 2.24) is 30.0 Å². The second-order valence-electron chi connectivity index (χ2n) is 7.13. The smallest absolute Gasteiger partial charge is 0.272 e. The van der Waals surface area contributed by atoms with Gasteiger partial charge in [0.25, 0.3) is 5.91 Å². The first kappa shape index (κ1) is 15.8. The molecule has 3 aromatic rings. The van der Waals surface area contributed by atoms with Crippen LogP contribution >= 0.6 is 0 Å². The van der Waals surface area contributed by atoms with Gasteiger partial charge in [0.15, 0.2) is 5.69 Å². The van der Waals surface area contributed by atoms with E-state index in [1.54, 1.807) is 43.3 Å². The van der Waals surface area contributed by atoms with Gasteiger partial charge in [-0.3, -0.25) is 14.5 Å². The Kier molecular flexibility index (Phi) is 3.57. The Balaban J connectivity index is 1.58. The van der Waals surface area contributed by atoms with Crippen LogP contribution in [0.1, 0.15) is 37.2 Å². The molecule has 0 aliphatic heterocycles. The van der Waals surface area contributed by atoms with E-state index in [0.29, 0.717) is 17.0 Å². The number of aliphatic hydroxyl groups is 1. The molecule has 8 heteroatoms. The van der Waals surface area contributed by atoms with Gasteiger partial charge in [-0.1, -0.05) is 0 Å². The third-order valence-corrected chi connectivity index (χ3v) is 4.87. The highest BCUT2D eigenvalue weighted by atomic mass is 16.3. The molecule has 8 nitrogen and oxygen atoms in total. The molecule has 1 fully saturated rings. The summed E-state index contributed by atoms with van der Waals surface area (Å²) in [6.45, 7) is 3.61. The SMILES string of the molecule is CC(C)(O)C1CC(NC(=O)c2nc(-n3ccnc3)cc3cn[nH]c23)C1. The molecule has 0 saturated heterocycles. The summed E-state index contributed by atoms with van der Waals surface area (Å²) < 4.78 is 1.75. The van der Waals surface area contributed by atoms with E-state index in [9.17, 15) is 9.90 Å². The Morgan fingerprint density at radius 3 is 2.92 bits per heavy atom. The number of aromatic amines is 1. The number of pyridine rings is 1. The molecule has 0 bridgehead atoms. The molecular formula is C17H20N6O2. The van der Waals surface area contributed by atoms with Crippen LogP contribution in [0.5, 0.6) is 0 Å². The third kappa shape index (κ3) is 2.89. The number of nitrogens with one attached hydrogen (secondary N) is 2. The first-order valence-corrected chi connectivity index (χ1v) is 8.27. The topological polar surface area (TPSA) is 109 Å². The summed E-state index contributed by atoms with van der Waals surface area (Å²) in [7, 11) is 0. The van der Waals surface area contributed by atoms with Gasteiger partial charge in [0.05, 0.1) is 17.3 Å². The van der Waals surface area contributed by atoms with Gasteiger partial charge in [0.1, 0.15) is 12.1 Å². The molecule has 3 N–H and O–H groups in total. The Bertz CT molecular complexity index is 903. The third-order valence-electron chi connectivity index (χ3n) is 4.87. The standard InChI is InChI=1S/C17H20N6O2/c1-17(2,25)11-6-12(7-11)20-16(24)15-14-10(8-19-22-14)5-13(21-15)23-4-3-18-9-23/h3-5,8-9,11-12,25H,6-7H2,1-2H3,(H,19,22)(H,20,24). The van der Waals surface area contributed by atoms with Gasteiger partial charge < -0.3 is 10.4 Å². The van der Waals surface area contributed by atoms with Crippen LogP contribution in [0.25, 0.3) is 16.7 Å². The largest absolute Gasteiger partial charge is 0.390 e. The summed E-state index contributed by atoms with van der Waals surface area (Å²) in [4.78, 5) is 21.2. The molecule has 4 rings (SSSR count). The van der Waals surface area contributed by atoms with Crippen molar-refractivity contribution in [2.75, 3.05) is 0 Å². The van der Waals surface area contributed by atoms with E-state index >= 15 is 0 Å². The molecule has 3 aromatic heterocycles. The molecule has 130 valence electrons. The zero-order valence-corrected chi connectivity index (χ0v) is 14.1. The highest BCUT2D eigenvalue weighted by molar-refractivity contribution is 6.04. The zero-order chi connectivity index (χ0) is 17.6. The maximum atomic E-state index is 12.7. The van der Waals surface area contributed by atoms with Crippen LogP contribution in [0.3, 0.4) is 0 Å². The number of H-pyrrole nitrogens is 1. The summed E-state index contributed by atoms with van der Waals surface area (Å²) in [5.74, 6) is 0.574. The maximum absolute atomic E-state index is 12.7. The van der Waals surface area contributed by atoms with Crippen molar-refractivity contribution in [2.45, 2.75) is 38.3 Å². The lowest BCUT2D eigenvalue weighted by atomic mass is 9.71. The number of hydrogen-bond donors (Lipinski definition) is 3.